The Morgan fingerprint density at radius 3 is 2.81 bits per heavy atom. The molecule has 3 rings (SSSR count). The van der Waals surface area contributed by atoms with E-state index < -0.39 is 0 Å². The number of aryl methyl sites for hydroxylation is 2. The molecule has 2 aliphatic carbocycles. The van der Waals surface area contributed by atoms with Crippen LogP contribution >= 0.6 is 15.9 Å². The van der Waals surface area contributed by atoms with Crippen molar-refractivity contribution >= 4 is 15.9 Å². The van der Waals surface area contributed by atoms with Crippen LogP contribution in [0.15, 0.2) is 16.6 Å². The first-order valence-corrected chi connectivity index (χ1v) is 7.05. The normalized spacial score (nSPS) is 20.9. The van der Waals surface area contributed by atoms with Crippen molar-refractivity contribution in [3.63, 3.8) is 0 Å². The van der Waals surface area contributed by atoms with Crippen molar-refractivity contribution in [1.82, 2.24) is 0 Å². The van der Waals surface area contributed by atoms with Crippen molar-refractivity contribution in [1.29, 1.82) is 0 Å². The van der Waals surface area contributed by atoms with Gasteiger partial charge in [0, 0.05) is 10.0 Å². The highest BCUT2D eigenvalue weighted by Gasteiger charge is 2.37. The zero-order valence-corrected chi connectivity index (χ0v) is 11.1. The van der Waals surface area contributed by atoms with E-state index in [4.69, 9.17) is 5.73 Å². The highest BCUT2D eigenvalue weighted by Crippen LogP contribution is 2.37. The van der Waals surface area contributed by atoms with Gasteiger partial charge in [0.25, 0.3) is 0 Å². The van der Waals surface area contributed by atoms with E-state index in [2.05, 4.69) is 28.1 Å². The Balaban J connectivity index is 1.77. The highest BCUT2D eigenvalue weighted by atomic mass is 79.9. The van der Waals surface area contributed by atoms with Gasteiger partial charge in [-0.05, 0) is 67.7 Å². The number of hydrogen-bond acceptors (Lipinski definition) is 1. The van der Waals surface area contributed by atoms with E-state index >= 15 is 0 Å². The largest absolute Gasteiger partial charge is 0.325 e. The van der Waals surface area contributed by atoms with Gasteiger partial charge in [-0.1, -0.05) is 22.0 Å². The maximum absolute atomic E-state index is 6.13. The molecule has 0 saturated heterocycles. The van der Waals surface area contributed by atoms with E-state index in [0.717, 1.165) is 12.8 Å². The smallest absolute Gasteiger partial charge is 0.0212 e. The van der Waals surface area contributed by atoms with Crippen LogP contribution in [0.1, 0.15) is 42.4 Å². The second-order valence-electron chi connectivity index (χ2n) is 5.43. The van der Waals surface area contributed by atoms with E-state index in [1.165, 1.54) is 47.7 Å². The zero-order chi connectivity index (χ0) is 11.2. The molecule has 0 spiro atoms. The first kappa shape index (κ1) is 10.8. The van der Waals surface area contributed by atoms with Crippen LogP contribution in [0.5, 0.6) is 0 Å². The number of nitrogens with two attached hydrogens (primary N) is 1. The number of rotatable bonds is 3. The lowest BCUT2D eigenvalue weighted by Gasteiger charge is -2.11. The lowest BCUT2D eigenvalue weighted by Crippen LogP contribution is -2.22. The van der Waals surface area contributed by atoms with Gasteiger partial charge in [-0.15, -0.1) is 0 Å². The Bertz CT molecular complexity index is 421. The van der Waals surface area contributed by atoms with E-state index in [9.17, 15) is 0 Å². The van der Waals surface area contributed by atoms with Crippen LogP contribution in [-0.2, 0) is 19.3 Å². The lowest BCUT2D eigenvalue weighted by atomic mass is 10.0. The van der Waals surface area contributed by atoms with E-state index in [-0.39, 0.29) is 5.54 Å². The molecule has 1 fully saturated rings. The predicted molar refractivity (Wildman–Crippen MR) is 70.6 cm³/mol. The molecule has 1 aromatic carbocycles. The van der Waals surface area contributed by atoms with Gasteiger partial charge in [0.15, 0.2) is 0 Å². The predicted octanol–water partition coefficient (Wildman–Crippen LogP) is 3.36. The number of benzene rings is 1. The summed E-state index contributed by atoms with van der Waals surface area (Å²) in [6, 6.07) is 4.70. The van der Waals surface area contributed by atoms with Crippen molar-refractivity contribution in [2.24, 2.45) is 5.73 Å². The summed E-state index contributed by atoms with van der Waals surface area (Å²) in [5, 5.41) is 0. The first-order valence-electron chi connectivity index (χ1n) is 6.25. The standard InChI is InChI=1S/C14H18BrN/c15-13-9-10(4-5-14(16)6-7-14)8-11-2-1-3-12(11)13/h8-9H,1-7,16H2. The van der Waals surface area contributed by atoms with Gasteiger partial charge < -0.3 is 5.73 Å². The summed E-state index contributed by atoms with van der Waals surface area (Å²) in [4.78, 5) is 0. The fraction of sp³-hybridized carbons (Fsp3) is 0.571. The molecular formula is C14H18BrN. The van der Waals surface area contributed by atoms with Crippen molar-refractivity contribution in [2.45, 2.75) is 50.5 Å². The van der Waals surface area contributed by atoms with E-state index in [0.29, 0.717) is 0 Å². The molecule has 2 heteroatoms. The minimum absolute atomic E-state index is 0.186. The Morgan fingerprint density at radius 1 is 1.25 bits per heavy atom. The van der Waals surface area contributed by atoms with Crippen LogP contribution in [0.4, 0.5) is 0 Å². The van der Waals surface area contributed by atoms with Crippen LogP contribution in [0.2, 0.25) is 0 Å². The summed E-state index contributed by atoms with van der Waals surface area (Å²) < 4.78 is 1.32. The lowest BCUT2D eigenvalue weighted by molar-refractivity contribution is 0.609. The first-order chi connectivity index (χ1) is 7.66. The molecule has 1 saturated carbocycles. The second kappa shape index (κ2) is 3.85. The molecule has 16 heavy (non-hydrogen) atoms. The van der Waals surface area contributed by atoms with Crippen LogP contribution in [0.3, 0.4) is 0 Å². The molecule has 0 atom stereocenters. The van der Waals surface area contributed by atoms with Gasteiger partial charge in [-0.2, -0.15) is 0 Å². The summed E-state index contributed by atoms with van der Waals surface area (Å²) in [7, 11) is 0. The number of halogens is 1. The van der Waals surface area contributed by atoms with Crippen molar-refractivity contribution in [3.8, 4) is 0 Å². The fourth-order valence-electron chi connectivity index (χ4n) is 2.66. The molecule has 1 nitrogen and oxygen atoms in total. The third-order valence-electron chi connectivity index (χ3n) is 4.02. The minimum atomic E-state index is 0.186. The van der Waals surface area contributed by atoms with Crippen LogP contribution in [0.25, 0.3) is 0 Å². The highest BCUT2D eigenvalue weighted by molar-refractivity contribution is 9.10. The molecule has 0 heterocycles. The molecule has 0 amide bonds. The zero-order valence-electron chi connectivity index (χ0n) is 9.56. The number of fused-ring (bicyclic) bond motifs is 1. The quantitative estimate of drug-likeness (QED) is 0.902. The van der Waals surface area contributed by atoms with Gasteiger partial charge >= 0.3 is 0 Å². The molecule has 0 bridgehead atoms. The molecule has 0 aliphatic heterocycles. The van der Waals surface area contributed by atoms with Crippen LogP contribution < -0.4 is 5.73 Å². The molecule has 0 unspecified atom stereocenters. The topological polar surface area (TPSA) is 26.0 Å². The van der Waals surface area contributed by atoms with Crippen LogP contribution in [0, 0.1) is 0 Å². The molecule has 0 aromatic heterocycles. The molecule has 86 valence electrons. The van der Waals surface area contributed by atoms with Gasteiger partial charge in [0.05, 0.1) is 0 Å². The van der Waals surface area contributed by atoms with Gasteiger partial charge in [0.1, 0.15) is 0 Å². The molecular weight excluding hydrogens is 262 g/mol. The summed E-state index contributed by atoms with van der Waals surface area (Å²) in [6.07, 6.45) is 8.56. The summed E-state index contributed by atoms with van der Waals surface area (Å²) in [6.45, 7) is 0. The van der Waals surface area contributed by atoms with Crippen LogP contribution in [-0.4, -0.2) is 5.54 Å². The van der Waals surface area contributed by atoms with Crippen molar-refractivity contribution in [2.75, 3.05) is 0 Å². The molecule has 2 aliphatic rings. The fourth-order valence-corrected chi connectivity index (χ4v) is 3.41. The minimum Gasteiger partial charge on any atom is -0.325 e. The average Bonchev–Trinajstić information content (AvgIpc) is 2.79. The van der Waals surface area contributed by atoms with E-state index in [1.807, 2.05) is 0 Å². The molecule has 1 aromatic rings. The second-order valence-corrected chi connectivity index (χ2v) is 6.29. The molecule has 0 radical (unpaired) electrons. The monoisotopic (exact) mass is 279 g/mol. The third kappa shape index (κ3) is 2.05. The summed E-state index contributed by atoms with van der Waals surface area (Å²) in [5.74, 6) is 0. The Morgan fingerprint density at radius 2 is 2.06 bits per heavy atom. The Kier molecular flexibility index (Phi) is 2.60. The SMILES string of the molecule is NC1(CCc2cc(Br)c3c(c2)CCC3)CC1. The maximum atomic E-state index is 6.13. The Hall–Kier alpha value is -0.340. The summed E-state index contributed by atoms with van der Waals surface area (Å²) in [5.41, 5.74) is 10.9. The van der Waals surface area contributed by atoms with Gasteiger partial charge in [0.2, 0.25) is 0 Å². The van der Waals surface area contributed by atoms with Crippen molar-refractivity contribution < 1.29 is 0 Å². The van der Waals surface area contributed by atoms with E-state index in [1.54, 1.807) is 5.56 Å². The van der Waals surface area contributed by atoms with Gasteiger partial charge in [-0.25, -0.2) is 0 Å². The Labute approximate surface area is 106 Å². The number of hydrogen-bond donors (Lipinski definition) is 1. The average molecular weight is 280 g/mol. The maximum Gasteiger partial charge on any atom is 0.0212 e. The van der Waals surface area contributed by atoms with Crippen molar-refractivity contribution in [3.05, 3.63) is 33.3 Å². The molecule has 2 N–H and O–H groups in total. The summed E-state index contributed by atoms with van der Waals surface area (Å²) >= 11 is 3.70. The third-order valence-corrected chi connectivity index (χ3v) is 4.73. The van der Waals surface area contributed by atoms with Gasteiger partial charge in [-0.3, -0.25) is 0 Å².